The average Bonchev–Trinajstić information content (AvgIpc) is 2.59. The number of esters is 1. The summed E-state index contributed by atoms with van der Waals surface area (Å²) >= 11 is 3.32. The van der Waals surface area contributed by atoms with Crippen molar-refractivity contribution >= 4 is 32.9 Å². The van der Waals surface area contributed by atoms with Crippen molar-refractivity contribution in [3.05, 3.63) is 74.6 Å². The van der Waals surface area contributed by atoms with Gasteiger partial charge in [-0.05, 0) is 36.2 Å². The number of alkyl halides is 3. The van der Waals surface area contributed by atoms with Gasteiger partial charge >= 0.3 is 17.8 Å². The van der Waals surface area contributed by atoms with Crippen molar-refractivity contribution in [3.8, 4) is 5.75 Å². The molecule has 27 heavy (non-hydrogen) atoms. The van der Waals surface area contributed by atoms with Gasteiger partial charge in [-0.2, -0.15) is 13.2 Å². The second-order valence-corrected chi connectivity index (χ2v) is 6.65. The molecule has 0 atom stereocenters. The van der Waals surface area contributed by atoms with Crippen molar-refractivity contribution in [1.82, 2.24) is 0 Å². The van der Waals surface area contributed by atoms with Crippen LogP contribution in [0.3, 0.4) is 0 Å². The molecule has 0 bridgehead atoms. The lowest BCUT2D eigenvalue weighted by atomic mass is 10.1. The molecule has 0 aliphatic carbocycles. The Morgan fingerprint density at radius 2 is 1.78 bits per heavy atom. The molecule has 4 nitrogen and oxygen atoms in total. The number of benzene rings is 2. The van der Waals surface area contributed by atoms with Gasteiger partial charge in [0, 0.05) is 28.4 Å². The normalized spacial score (nSPS) is 11.6. The van der Waals surface area contributed by atoms with E-state index in [-0.39, 0.29) is 23.1 Å². The minimum Gasteiger partial charge on any atom is -0.426 e. The summed E-state index contributed by atoms with van der Waals surface area (Å²) in [5, 5.41) is -0.281. The molecule has 0 N–H and O–H groups in total. The van der Waals surface area contributed by atoms with E-state index in [1.807, 2.05) is 24.3 Å². The van der Waals surface area contributed by atoms with Gasteiger partial charge in [-0.25, -0.2) is 4.79 Å². The van der Waals surface area contributed by atoms with Crippen molar-refractivity contribution in [1.29, 1.82) is 0 Å². The van der Waals surface area contributed by atoms with Crippen LogP contribution in [0.15, 0.2) is 62.2 Å². The molecule has 0 saturated heterocycles. The van der Waals surface area contributed by atoms with Gasteiger partial charge in [0.2, 0.25) is 0 Å². The van der Waals surface area contributed by atoms with Gasteiger partial charge in [0.05, 0.1) is 5.56 Å². The Morgan fingerprint density at radius 1 is 1.07 bits per heavy atom. The predicted molar refractivity (Wildman–Crippen MR) is 95.6 cm³/mol. The van der Waals surface area contributed by atoms with Crippen molar-refractivity contribution in [2.45, 2.75) is 19.0 Å². The van der Waals surface area contributed by atoms with Crippen LogP contribution >= 0.6 is 15.9 Å². The molecule has 2 aromatic carbocycles. The van der Waals surface area contributed by atoms with E-state index < -0.39 is 23.3 Å². The van der Waals surface area contributed by atoms with Crippen LogP contribution in [-0.4, -0.2) is 5.97 Å². The molecule has 0 unspecified atom stereocenters. The van der Waals surface area contributed by atoms with Gasteiger partial charge in [0.15, 0.2) is 0 Å². The highest BCUT2D eigenvalue weighted by Gasteiger charge is 2.33. The highest BCUT2D eigenvalue weighted by molar-refractivity contribution is 9.10. The van der Waals surface area contributed by atoms with Crippen LogP contribution in [0.1, 0.15) is 17.5 Å². The second kappa shape index (κ2) is 7.56. The molecule has 0 aliphatic rings. The first-order chi connectivity index (χ1) is 12.7. The van der Waals surface area contributed by atoms with Gasteiger partial charge < -0.3 is 9.15 Å². The van der Waals surface area contributed by atoms with Crippen LogP contribution in [0.5, 0.6) is 5.75 Å². The van der Waals surface area contributed by atoms with Crippen LogP contribution in [-0.2, 0) is 17.4 Å². The monoisotopic (exact) mass is 440 g/mol. The lowest BCUT2D eigenvalue weighted by Gasteiger charge is -2.10. The van der Waals surface area contributed by atoms with Gasteiger partial charge in [-0.1, -0.05) is 28.1 Å². The lowest BCUT2D eigenvalue weighted by Crippen LogP contribution is -2.12. The molecular weight excluding hydrogens is 429 g/mol. The van der Waals surface area contributed by atoms with E-state index in [0.717, 1.165) is 22.2 Å². The van der Waals surface area contributed by atoms with E-state index >= 15 is 0 Å². The maximum absolute atomic E-state index is 13.0. The molecule has 3 rings (SSSR count). The SMILES string of the molecule is O=C(CCc1ccc(Br)cc1)Oc1ccc2c(C(F)(F)F)cc(=O)oc2c1. The minimum absolute atomic E-state index is 0.00535. The Balaban J connectivity index is 1.76. The Hall–Kier alpha value is -2.61. The van der Waals surface area contributed by atoms with Gasteiger partial charge in [-0.15, -0.1) is 0 Å². The summed E-state index contributed by atoms with van der Waals surface area (Å²) in [5.41, 5.74) is -1.59. The smallest absolute Gasteiger partial charge is 0.417 e. The molecule has 1 aromatic heterocycles. The van der Waals surface area contributed by atoms with Crippen LogP contribution in [0.4, 0.5) is 13.2 Å². The summed E-state index contributed by atoms with van der Waals surface area (Å²) in [5.74, 6) is -0.544. The van der Waals surface area contributed by atoms with Gasteiger partial charge in [0.1, 0.15) is 11.3 Å². The Morgan fingerprint density at radius 3 is 2.44 bits per heavy atom. The number of halogens is 4. The second-order valence-electron chi connectivity index (χ2n) is 5.74. The summed E-state index contributed by atoms with van der Waals surface area (Å²) in [6, 6.07) is 11.3. The predicted octanol–water partition coefficient (Wildman–Crippen LogP) is 5.11. The van der Waals surface area contributed by atoms with Crippen LogP contribution < -0.4 is 10.4 Å². The largest absolute Gasteiger partial charge is 0.426 e. The minimum atomic E-state index is -4.70. The molecule has 0 fully saturated rings. The van der Waals surface area contributed by atoms with Gasteiger partial charge in [-0.3, -0.25) is 4.79 Å². The summed E-state index contributed by atoms with van der Waals surface area (Å²) in [6.45, 7) is 0. The number of ether oxygens (including phenoxy) is 1. The van der Waals surface area contributed by atoms with Crippen molar-refractivity contribution in [3.63, 3.8) is 0 Å². The zero-order valence-electron chi connectivity index (χ0n) is 13.7. The first-order valence-corrected chi connectivity index (χ1v) is 8.62. The summed E-state index contributed by atoms with van der Waals surface area (Å²) < 4.78 is 50.0. The van der Waals surface area contributed by atoms with Crippen LogP contribution in [0, 0.1) is 0 Å². The zero-order chi connectivity index (χ0) is 19.6. The van der Waals surface area contributed by atoms with E-state index in [2.05, 4.69) is 15.9 Å². The maximum Gasteiger partial charge on any atom is 0.417 e. The van der Waals surface area contributed by atoms with E-state index in [0.29, 0.717) is 12.5 Å². The number of hydrogen-bond acceptors (Lipinski definition) is 4. The summed E-state index contributed by atoms with van der Waals surface area (Å²) in [4.78, 5) is 23.4. The van der Waals surface area contributed by atoms with Crippen molar-refractivity contribution in [2.24, 2.45) is 0 Å². The number of rotatable bonds is 4. The number of fused-ring (bicyclic) bond motifs is 1. The number of aryl methyl sites for hydroxylation is 1. The highest BCUT2D eigenvalue weighted by atomic mass is 79.9. The third-order valence-corrected chi connectivity index (χ3v) is 4.31. The molecule has 0 aliphatic heterocycles. The van der Waals surface area contributed by atoms with E-state index in [1.165, 1.54) is 6.07 Å². The average molecular weight is 441 g/mol. The zero-order valence-corrected chi connectivity index (χ0v) is 15.3. The Kier molecular flexibility index (Phi) is 5.36. The third kappa shape index (κ3) is 4.77. The number of carbonyl (C=O) groups excluding carboxylic acids is 1. The van der Waals surface area contributed by atoms with Crippen LogP contribution in [0.25, 0.3) is 11.0 Å². The van der Waals surface area contributed by atoms with E-state index in [4.69, 9.17) is 9.15 Å². The van der Waals surface area contributed by atoms with Gasteiger partial charge in [0.25, 0.3) is 0 Å². The molecule has 0 radical (unpaired) electrons. The third-order valence-electron chi connectivity index (χ3n) is 3.78. The topological polar surface area (TPSA) is 56.5 Å². The molecule has 3 aromatic rings. The number of carbonyl (C=O) groups is 1. The molecule has 140 valence electrons. The highest BCUT2D eigenvalue weighted by Crippen LogP contribution is 2.34. The first kappa shape index (κ1) is 19.2. The quantitative estimate of drug-likeness (QED) is 0.321. The van der Waals surface area contributed by atoms with Crippen molar-refractivity contribution in [2.75, 3.05) is 0 Å². The fourth-order valence-electron chi connectivity index (χ4n) is 2.52. The van der Waals surface area contributed by atoms with E-state index in [1.54, 1.807) is 0 Å². The molecule has 0 saturated carbocycles. The molecule has 0 spiro atoms. The lowest BCUT2D eigenvalue weighted by molar-refractivity contribution is -0.137. The standard InChI is InChI=1S/C19H12BrF3O4/c20-12-4-1-11(2-5-12)3-8-17(24)26-13-6-7-14-15(19(21,22)23)10-18(25)27-16(14)9-13/h1-2,4-7,9-10H,3,8H2. The fraction of sp³-hybridized carbons (Fsp3) is 0.158. The fourth-order valence-corrected chi connectivity index (χ4v) is 2.79. The molecule has 8 heteroatoms. The van der Waals surface area contributed by atoms with Crippen molar-refractivity contribution < 1.29 is 27.1 Å². The maximum atomic E-state index is 13.0. The van der Waals surface area contributed by atoms with Crippen LogP contribution in [0.2, 0.25) is 0 Å². The molecular formula is C19H12BrF3O4. The van der Waals surface area contributed by atoms with E-state index in [9.17, 15) is 22.8 Å². The summed E-state index contributed by atoms with van der Waals surface area (Å²) in [7, 11) is 0. The Bertz CT molecular complexity index is 1040. The first-order valence-electron chi connectivity index (χ1n) is 7.82. The Labute approximate surface area is 159 Å². The summed E-state index contributed by atoms with van der Waals surface area (Å²) in [6.07, 6.45) is -4.16. The molecule has 0 amide bonds. The number of hydrogen-bond donors (Lipinski definition) is 0. The molecule has 1 heterocycles.